The molecule has 2 aromatic carbocycles. The number of allylic oxidation sites excluding steroid dienone is 2. The summed E-state index contributed by atoms with van der Waals surface area (Å²) in [7, 11) is 0. The molecule has 6 nitrogen and oxygen atoms in total. The van der Waals surface area contributed by atoms with Crippen LogP contribution >= 0.6 is 0 Å². The fraction of sp³-hybridized carbons (Fsp3) is 0.269. The van der Waals surface area contributed by atoms with Crippen LogP contribution in [0, 0.1) is 0 Å². The van der Waals surface area contributed by atoms with Gasteiger partial charge >= 0.3 is 17.9 Å². The summed E-state index contributed by atoms with van der Waals surface area (Å²) in [4.78, 5) is 35.2. The minimum absolute atomic E-state index is 0.0383. The Morgan fingerprint density at radius 1 is 0.875 bits per heavy atom. The first-order chi connectivity index (χ1) is 15.4. The number of hydrogen-bond acceptors (Lipinski definition) is 6. The molecule has 0 atom stereocenters. The van der Waals surface area contributed by atoms with Gasteiger partial charge < -0.3 is 14.2 Å². The van der Waals surface area contributed by atoms with Crippen LogP contribution in [0.2, 0.25) is 0 Å². The second kappa shape index (κ2) is 12.2. The van der Waals surface area contributed by atoms with Crippen LogP contribution in [-0.4, -0.2) is 24.5 Å². The molecule has 0 aliphatic carbocycles. The summed E-state index contributed by atoms with van der Waals surface area (Å²) >= 11 is 0. The first-order valence-electron chi connectivity index (χ1n) is 10.4. The van der Waals surface area contributed by atoms with E-state index in [1.165, 1.54) is 6.92 Å². The topological polar surface area (TPSA) is 78.9 Å². The third-order valence-corrected chi connectivity index (χ3v) is 4.48. The van der Waals surface area contributed by atoms with Crippen LogP contribution in [0.3, 0.4) is 0 Å². The predicted molar refractivity (Wildman–Crippen MR) is 122 cm³/mol. The van der Waals surface area contributed by atoms with E-state index in [1.54, 1.807) is 37.3 Å². The van der Waals surface area contributed by atoms with E-state index in [2.05, 4.69) is 13.2 Å². The maximum Gasteiger partial charge on any atom is 0.311 e. The van der Waals surface area contributed by atoms with Gasteiger partial charge in [0.2, 0.25) is 0 Å². The summed E-state index contributed by atoms with van der Waals surface area (Å²) in [5, 5.41) is 0. The Labute approximate surface area is 188 Å². The standard InChI is InChI=1S/C26H28O6/c1-5-8-19-10-12-24(31-18(4)27)22(16-19)20-11-13-23(21(17-20)9-6-2)32-26(29)15-14-25(28)30-7-3/h5-6,10-13,16-17H,1-2,7-9,14-15H2,3-4H3. The molecule has 0 N–H and O–H groups in total. The number of hydrogen-bond donors (Lipinski definition) is 0. The lowest BCUT2D eigenvalue weighted by Gasteiger charge is -2.14. The first kappa shape index (κ1) is 24.6. The lowest BCUT2D eigenvalue weighted by molar-refractivity contribution is -0.146. The van der Waals surface area contributed by atoms with Gasteiger partial charge in [-0.25, -0.2) is 0 Å². The summed E-state index contributed by atoms with van der Waals surface area (Å²) in [6.07, 6.45) is 4.52. The summed E-state index contributed by atoms with van der Waals surface area (Å²) < 4.78 is 15.7. The number of benzene rings is 2. The van der Waals surface area contributed by atoms with E-state index >= 15 is 0 Å². The van der Waals surface area contributed by atoms with Crippen LogP contribution < -0.4 is 9.47 Å². The van der Waals surface area contributed by atoms with Crippen LogP contribution in [0.5, 0.6) is 11.5 Å². The van der Waals surface area contributed by atoms with Crippen LogP contribution in [0.25, 0.3) is 11.1 Å². The highest BCUT2D eigenvalue weighted by Crippen LogP contribution is 2.35. The van der Waals surface area contributed by atoms with Gasteiger partial charge in [0, 0.05) is 12.5 Å². The van der Waals surface area contributed by atoms with E-state index in [4.69, 9.17) is 14.2 Å². The third kappa shape index (κ3) is 7.23. The number of carbonyl (C=O) groups excluding carboxylic acids is 3. The fourth-order valence-corrected chi connectivity index (χ4v) is 3.11. The Morgan fingerprint density at radius 3 is 2.22 bits per heavy atom. The zero-order valence-electron chi connectivity index (χ0n) is 18.5. The highest BCUT2D eigenvalue weighted by Gasteiger charge is 2.15. The average molecular weight is 437 g/mol. The lowest BCUT2D eigenvalue weighted by atomic mass is 9.97. The molecule has 0 radical (unpaired) electrons. The van der Waals surface area contributed by atoms with Crippen molar-refractivity contribution < 1.29 is 28.6 Å². The molecular formula is C26H28O6. The van der Waals surface area contributed by atoms with Crippen LogP contribution in [-0.2, 0) is 32.0 Å². The maximum atomic E-state index is 12.2. The van der Waals surface area contributed by atoms with Gasteiger partial charge in [-0.15, -0.1) is 13.2 Å². The van der Waals surface area contributed by atoms with Crippen molar-refractivity contribution in [2.45, 2.75) is 39.5 Å². The second-order valence-electron chi connectivity index (χ2n) is 7.01. The quantitative estimate of drug-likeness (QED) is 0.281. The Morgan fingerprint density at radius 2 is 1.56 bits per heavy atom. The summed E-state index contributed by atoms with van der Waals surface area (Å²) in [6, 6.07) is 10.9. The minimum atomic E-state index is -0.523. The SMILES string of the molecule is C=CCc1ccc(OC(C)=O)c(-c2ccc(OC(=O)CCC(=O)OCC)c(CC=C)c2)c1. The fourth-order valence-electron chi connectivity index (χ4n) is 3.11. The molecule has 0 amide bonds. The summed E-state index contributed by atoms with van der Waals surface area (Å²) in [5.74, 6) is -0.553. The van der Waals surface area contributed by atoms with E-state index in [9.17, 15) is 14.4 Å². The predicted octanol–water partition coefficient (Wildman–Crippen LogP) is 4.98. The molecule has 0 aliphatic heterocycles. The third-order valence-electron chi connectivity index (χ3n) is 4.48. The van der Waals surface area contributed by atoms with E-state index in [1.807, 2.05) is 18.2 Å². The number of rotatable bonds is 11. The van der Waals surface area contributed by atoms with Crippen LogP contribution in [0.15, 0.2) is 61.7 Å². The molecule has 0 aliphatic rings. The molecule has 0 heterocycles. The van der Waals surface area contributed by atoms with Crippen molar-refractivity contribution in [1.29, 1.82) is 0 Å². The Kier molecular flexibility index (Phi) is 9.42. The highest BCUT2D eigenvalue weighted by atomic mass is 16.5. The van der Waals surface area contributed by atoms with Crippen molar-refractivity contribution in [3.8, 4) is 22.6 Å². The molecular weight excluding hydrogens is 408 g/mol. The minimum Gasteiger partial charge on any atom is -0.466 e. The Balaban J connectivity index is 2.34. The Bertz CT molecular complexity index is 1010. The van der Waals surface area contributed by atoms with Crippen LogP contribution in [0.1, 0.15) is 37.8 Å². The van der Waals surface area contributed by atoms with Crippen LogP contribution in [0.4, 0.5) is 0 Å². The molecule has 0 saturated heterocycles. The molecule has 2 aromatic rings. The average Bonchev–Trinajstić information content (AvgIpc) is 2.75. The van der Waals surface area contributed by atoms with Gasteiger partial charge in [-0.3, -0.25) is 14.4 Å². The summed E-state index contributed by atoms with van der Waals surface area (Å²) in [5.41, 5.74) is 3.30. The van der Waals surface area contributed by atoms with Crippen molar-refractivity contribution in [2.75, 3.05) is 6.61 Å². The highest BCUT2D eigenvalue weighted by molar-refractivity contribution is 5.80. The molecule has 0 aromatic heterocycles. The van der Waals surface area contributed by atoms with Gasteiger partial charge in [0.15, 0.2) is 0 Å². The van der Waals surface area contributed by atoms with Crippen molar-refractivity contribution in [2.24, 2.45) is 0 Å². The molecule has 32 heavy (non-hydrogen) atoms. The van der Waals surface area contributed by atoms with E-state index in [0.29, 0.717) is 24.3 Å². The zero-order valence-corrected chi connectivity index (χ0v) is 18.5. The van der Waals surface area contributed by atoms with Crippen molar-refractivity contribution in [1.82, 2.24) is 0 Å². The molecule has 0 unspecified atom stereocenters. The molecule has 168 valence electrons. The van der Waals surface area contributed by atoms with Crippen molar-refractivity contribution in [3.63, 3.8) is 0 Å². The van der Waals surface area contributed by atoms with Crippen molar-refractivity contribution in [3.05, 3.63) is 72.8 Å². The monoisotopic (exact) mass is 436 g/mol. The van der Waals surface area contributed by atoms with E-state index < -0.39 is 17.9 Å². The molecule has 0 saturated carbocycles. The van der Waals surface area contributed by atoms with Gasteiger partial charge in [-0.05, 0) is 60.7 Å². The first-order valence-corrected chi connectivity index (χ1v) is 10.4. The molecule has 2 rings (SSSR count). The number of ether oxygens (including phenoxy) is 3. The lowest BCUT2D eigenvalue weighted by Crippen LogP contribution is -2.13. The molecule has 6 heteroatoms. The molecule has 0 fully saturated rings. The number of carbonyl (C=O) groups is 3. The van der Waals surface area contributed by atoms with Gasteiger partial charge in [-0.1, -0.05) is 24.3 Å². The summed E-state index contributed by atoms with van der Waals surface area (Å²) in [6.45, 7) is 10.9. The zero-order chi connectivity index (χ0) is 23.5. The molecule has 0 spiro atoms. The van der Waals surface area contributed by atoms with Gasteiger partial charge in [0.05, 0.1) is 19.4 Å². The second-order valence-corrected chi connectivity index (χ2v) is 7.01. The largest absolute Gasteiger partial charge is 0.466 e. The van der Waals surface area contributed by atoms with Gasteiger partial charge in [0.25, 0.3) is 0 Å². The maximum absolute atomic E-state index is 12.2. The Hall–Kier alpha value is -3.67. The van der Waals surface area contributed by atoms with E-state index in [-0.39, 0.29) is 19.4 Å². The van der Waals surface area contributed by atoms with Crippen molar-refractivity contribution >= 4 is 17.9 Å². The normalized spacial score (nSPS) is 10.2. The molecule has 0 bridgehead atoms. The smallest absolute Gasteiger partial charge is 0.311 e. The van der Waals surface area contributed by atoms with E-state index in [0.717, 1.165) is 22.3 Å². The number of esters is 3. The van der Waals surface area contributed by atoms with Gasteiger partial charge in [-0.2, -0.15) is 0 Å². The van der Waals surface area contributed by atoms with Gasteiger partial charge in [0.1, 0.15) is 11.5 Å².